The standard InChI is InChI=1S/C16H27N3O2/c1-5-8-14-11-13(12-15(18-14)17-6-2)16(20)19(3)9-7-10-21-4/h11-12H,5-10H2,1-4H3,(H,17,18). The SMILES string of the molecule is CCCc1cc(C(=O)N(C)CCCOC)cc(NCC)n1. The first-order valence-electron chi connectivity index (χ1n) is 7.61. The lowest BCUT2D eigenvalue weighted by atomic mass is 10.1. The molecule has 0 unspecified atom stereocenters. The van der Waals surface area contributed by atoms with Gasteiger partial charge in [0, 0.05) is 45.1 Å². The fourth-order valence-corrected chi connectivity index (χ4v) is 2.14. The monoisotopic (exact) mass is 293 g/mol. The van der Waals surface area contributed by atoms with E-state index in [2.05, 4.69) is 17.2 Å². The number of ether oxygens (including phenoxy) is 1. The molecular formula is C16H27N3O2. The molecule has 1 aromatic heterocycles. The summed E-state index contributed by atoms with van der Waals surface area (Å²) >= 11 is 0. The molecule has 0 aromatic carbocycles. The molecule has 0 fully saturated rings. The van der Waals surface area contributed by atoms with E-state index in [1.165, 1.54) is 0 Å². The molecule has 1 N–H and O–H groups in total. The molecule has 5 nitrogen and oxygen atoms in total. The summed E-state index contributed by atoms with van der Waals surface area (Å²) in [7, 11) is 3.50. The summed E-state index contributed by atoms with van der Waals surface area (Å²) in [4.78, 5) is 18.7. The van der Waals surface area contributed by atoms with Crippen molar-refractivity contribution < 1.29 is 9.53 Å². The van der Waals surface area contributed by atoms with Gasteiger partial charge < -0.3 is 15.0 Å². The van der Waals surface area contributed by atoms with Crippen molar-refractivity contribution in [1.82, 2.24) is 9.88 Å². The van der Waals surface area contributed by atoms with Crippen LogP contribution in [0.15, 0.2) is 12.1 Å². The summed E-state index contributed by atoms with van der Waals surface area (Å²) < 4.78 is 5.02. The van der Waals surface area contributed by atoms with Gasteiger partial charge in [-0.3, -0.25) is 4.79 Å². The minimum Gasteiger partial charge on any atom is -0.385 e. The van der Waals surface area contributed by atoms with Crippen LogP contribution in [0.2, 0.25) is 0 Å². The molecule has 0 saturated carbocycles. The van der Waals surface area contributed by atoms with E-state index < -0.39 is 0 Å². The average molecular weight is 293 g/mol. The van der Waals surface area contributed by atoms with Crippen LogP contribution in [0.4, 0.5) is 5.82 Å². The third kappa shape index (κ3) is 5.71. The molecule has 1 rings (SSSR count). The van der Waals surface area contributed by atoms with Crippen LogP contribution in [-0.2, 0) is 11.2 Å². The molecule has 5 heteroatoms. The lowest BCUT2D eigenvalue weighted by Gasteiger charge is -2.18. The van der Waals surface area contributed by atoms with Crippen molar-refractivity contribution in [2.24, 2.45) is 0 Å². The van der Waals surface area contributed by atoms with Gasteiger partial charge in [0.2, 0.25) is 0 Å². The Morgan fingerprint density at radius 1 is 1.38 bits per heavy atom. The number of hydrogen-bond acceptors (Lipinski definition) is 4. The van der Waals surface area contributed by atoms with Crippen LogP contribution in [0.25, 0.3) is 0 Å². The summed E-state index contributed by atoms with van der Waals surface area (Å²) in [5.74, 6) is 0.808. The molecule has 0 aliphatic rings. The molecule has 1 aromatic rings. The fourth-order valence-electron chi connectivity index (χ4n) is 2.14. The highest BCUT2D eigenvalue weighted by Crippen LogP contribution is 2.14. The van der Waals surface area contributed by atoms with Crippen molar-refractivity contribution in [3.8, 4) is 0 Å². The number of carbonyl (C=O) groups excluding carboxylic acids is 1. The Bertz CT molecular complexity index is 425. The van der Waals surface area contributed by atoms with Crippen molar-refractivity contribution in [3.05, 3.63) is 23.4 Å². The number of aryl methyl sites for hydroxylation is 1. The molecule has 0 spiro atoms. The molecule has 0 aliphatic carbocycles. The number of nitrogens with one attached hydrogen (secondary N) is 1. The van der Waals surface area contributed by atoms with Gasteiger partial charge in [-0.1, -0.05) is 13.3 Å². The van der Waals surface area contributed by atoms with E-state index in [0.717, 1.165) is 37.3 Å². The summed E-state index contributed by atoms with van der Waals surface area (Å²) in [5, 5.41) is 3.19. The smallest absolute Gasteiger partial charge is 0.253 e. The highest BCUT2D eigenvalue weighted by Gasteiger charge is 2.14. The molecule has 0 bridgehead atoms. The zero-order valence-electron chi connectivity index (χ0n) is 13.6. The Kier molecular flexibility index (Phi) is 7.75. The van der Waals surface area contributed by atoms with E-state index >= 15 is 0 Å². The van der Waals surface area contributed by atoms with Crippen molar-refractivity contribution in [2.45, 2.75) is 33.1 Å². The van der Waals surface area contributed by atoms with Crippen LogP contribution >= 0.6 is 0 Å². The van der Waals surface area contributed by atoms with Gasteiger partial charge in [0.15, 0.2) is 0 Å². The number of anilines is 1. The first-order chi connectivity index (χ1) is 10.1. The number of pyridine rings is 1. The Morgan fingerprint density at radius 3 is 2.76 bits per heavy atom. The summed E-state index contributed by atoms with van der Waals surface area (Å²) in [5.41, 5.74) is 1.66. The maximum atomic E-state index is 12.5. The van der Waals surface area contributed by atoms with E-state index in [-0.39, 0.29) is 5.91 Å². The molecular weight excluding hydrogens is 266 g/mol. The van der Waals surface area contributed by atoms with E-state index in [0.29, 0.717) is 18.7 Å². The van der Waals surface area contributed by atoms with Gasteiger partial charge in [-0.25, -0.2) is 4.98 Å². The molecule has 0 atom stereocenters. The second kappa shape index (κ2) is 9.34. The van der Waals surface area contributed by atoms with Crippen molar-refractivity contribution in [1.29, 1.82) is 0 Å². The third-order valence-electron chi connectivity index (χ3n) is 3.18. The first-order valence-corrected chi connectivity index (χ1v) is 7.61. The van der Waals surface area contributed by atoms with Crippen molar-refractivity contribution >= 4 is 11.7 Å². The predicted molar refractivity (Wildman–Crippen MR) is 85.8 cm³/mol. The topological polar surface area (TPSA) is 54.5 Å². The maximum absolute atomic E-state index is 12.5. The minimum atomic E-state index is 0.0324. The van der Waals surface area contributed by atoms with Gasteiger partial charge in [-0.05, 0) is 31.9 Å². The third-order valence-corrected chi connectivity index (χ3v) is 3.18. The molecule has 0 aliphatic heterocycles. The number of amides is 1. The zero-order valence-corrected chi connectivity index (χ0v) is 13.6. The Morgan fingerprint density at radius 2 is 2.14 bits per heavy atom. The molecule has 1 heterocycles. The van der Waals surface area contributed by atoms with E-state index in [1.807, 2.05) is 26.1 Å². The second-order valence-electron chi connectivity index (χ2n) is 5.09. The quantitative estimate of drug-likeness (QED) is 0.711. The minimum absolute atomic E-state index is 0.0324. The van der Waals surface area contributed by atoms with E-state index in [9.17, 15) is 4.79 Å². The molecule has 0 radical (unpaired) electrons. The largest absolute Gasteiger partial charge is 0.385 e. The van der Waals surface area contributed by atoms with Gasteiger partial charge in [0.05, 0.1) is 0 Å². The van der Waals surface area contributed by atoms with Crippen LogP contribution in [0, 0.1) is 0 Å². The zero-order chi connectivity index (χ0) is 15.7. The highest BCUT2D eigenvalue weighted by atomic mass is 16.5. The number of nitrogens with zero attached hydrogens (tertiary/aromatic N) is 2. The first kappa shape index (κ1) is 17.4. The number of carbonyl (C=O) groups is 1. The Hall–Kier alpha value is -1.62. The lowest BCUT2D eigenvalue weighted by Crippen LogP contribution is -2.28. The molecule has 0 saturated heterocycles. The van der Waals surface area contributed by atoms with Crippen LogP contribution < -0.4 is 5.32 Å². The lowest BCUT2D eigenvalue weighted by molar-refractivity contribution is 0.0779. The Labute approximate surface area is 127 Å². The van der Waals surface area contributed by atoms with E-state index in [4.69, 9.17) is 4.74 Å². The normalized spacial score (nSPS) is 10.5. The molecule has 118 valence electrons. The second-order valence-corrected chi connectivity index (χ2v) is 5.09. The number of methoxy groups -OCH3 is 1. The van der Waals surface area contributed by atoms with Gasteiger partial charge in [0.1, 0.15) is 5.82 Å². The van der Waals surface area contributed by atoms with Crippen molar-refractivity contribution in [3.63, 3.8) is 0 Å². The number of rotatable bonds is 9. The van der Waals surface area contributed by atoms with Crippen molar-refractivity contribution in [2.75, 3.05) is 39.2 Å². The van der Waals surface area contributed by atoms with Crippen LogP contribution in [0.5, 0.6) is 0 Å². The van der Waals surface area contributed by atoms with Crippen LogP contribution in [-0.4, -0.2) is 49.6 Å². The maximum Gasteiger partial charge on any atom is 0.253 e. The van der Waals surface area contributed by atoms with Crippen LogP contribution in [0.1, 0.15) is 42.7 Å². The van der Waals surface area contributed by atoms with Gasteiger partial charge in [-0.15, -0.1) is 0 Å². The average Bonchev–Trinajstić information content (AvgIpc) is 2.47. The predicted octanol–water partition coefficient (Wildman–Crippen LogP) is 2.57. The summed E-state index contributed by atoms with van der Waals surface area (Å²) in [6.07, 6.45) is 2.73. The fraction of sp³-hybridized carbons (Fsp3) is 0.625. The Balaban J connectivity index is 2.85. The van der Waals surface area contributed by atoms with Crippen LogP contribution in [0.3, 0.4) is 0 Å². The molecule has 1 amide bonds. The van der Waals surface area contributed by atoms with Gasteiger partial charge in [-0.2, -0.15) is 0 Å². The number of hydrogen-bond donors (Lipinski definition) is 1. The molecule has 21 heavy (non-hydrogen) atoms. The number of aromatic nitrogens is 1. The van der Waals surface area contributed by atoms with Gasteiger partial charge in [0.25, 0.3) is 5.91 Å². The van der Waals surface area contributed by atoms with E-state index in [1.54, 1.807) is 12.0 Å². The summed E-state index contributed by atoms with van der Waals surface area (Å²) in [6.45, 7) is 6.28. The van der Waals surface area contributed by atoms with Gasteiger partial charge >= 0.3 is 0 Å². The highest BCUT2D eigenvalue weighted by molar-refractivity contribution is 5.94. The summed E-state index contributed by atoms with van der Waals surface area (Å²) in [6, 6.07) is 3.73.